The molecule has 1 radical (unpaired) electrons. The maximum Gasteiger partial charge on any atom is 3.00 e. The zero-order valence-electron chi connectivity index (χ0n) is 1.45. The maximum absolute atomic E-state index is 0. The summed E-state index contributed by atoms with van der Waals surface area (Å²) in [6.45, 7) is 0. The van der Waals surface area contributed by atoms with Crippen molar-refractivity contribution in [3.05, 3.63) is 0 Å². The molecule has 4 heavy (non-hydrogen) atoms. The average molecular weight is 357 g/mol. The van der Waals surface area contributed by atoms with Gasteiger partial charge in [0.15, 0.2) is 0 Å². The van der Waals surface area contributed by atoms with Gasteiger partial charge in [-0.25, -0.2) is 0 Å². The smallest absolute Gasteiger partial charge is 1.00 e. The van der Waals surface area contributed by atoms with Crippen molar-refractivity contribution >= 4 is 0 Å². The van der Waals surface area contributed by atoms with Gasteiger partial charge < -0.3 is 37.2 Å². The predicted molar refractivity (Wildman–Crippen MR) is 0 cm³/mol. The first-order chi connectivity index (χ1) is 0. The Bertz CT molecular complexity index is 3.25. The minimum atomic E-state index is 0. The molecule has 0 nitrogen and oxygen atoms in total. The van der Waals surface area contributed by atoms with E-state index in [1.807, 2.05) is 0 Å². The molecule has 0 bridgehead atoms. The Morgan fingerprint density at radius 2 is 0.500 bits per heavy atom. The second-order valence-electron chi connectivity index (χ2n) is 0. The zero-order valence-corrected chi connectivity index (χ0v) is 6.35. The van der Waals surface area contributed by atoms with Crippen LogP contribution in [0.5, 0.6) is 0 Å². The van der Waals surface area contributed by atoms with Gasteiger partial charge in [-0.3, -0.25) is 0 Å². The first-order valence-corrected chi connectivity index (χ1v) is 0. The van der Waals surface area contributed by atoms with Gasteiger partial charge in [0, 0.05) is 0 Å². The first-order valence-electron chi connectivity index (χ1n) is 0. The fourth-order valence-corrected chi connectivity index (χ4v) is 0. The minimum absolute atomic E-state index is 0. The van der Waals surface area contributed by atoms with Crippen molar-refractivity contribution in [2.45, 2.75) is 0 Å². The predicted octanol–water partition coefficient (Wildman–Crippen LogP) is -8.99. The summed E-state index contributed by atoms with van der Waals surface area (Å²) in [4.78, 5) is 0. The molecule has 0 fully saturated rings. The Kier molecular flexibility index (Phi) is 280000. The second-order valence-corrected chi connectivity index (χ2v) is 0. The molecule has 0 saturated heterocycles. The van der Waals surface area contributed by atoms with Crippen molar-refractivity contribution in [2.24, 2.45) is 0 Å². The molecule has 0 aromatic carbocycles. The number of halogens is 3. The van der Waals surface area contributed by atoms with E-state index in [4.69, 9.17) is 0 Å². The summed E-state index contributed by atoms with van der Waals surface area (Å²) in [5.41, 5.74) is 0. The molecule has 0 aromatic heterocycles. The molecule has 0 saturated carbocycles. The van der Waals surface area contributed by atoms with Gasteiger partial charge >= 0.3 is 0 Å². The molecular formula is CfCl3. The van der Waals surface area contributed by atoms with E-state index in [1.54, 1.807) is 0 Å². The van der Waals surface area contributed by atoms with Crippen molar-refractivity contribution in [3.63, 3.8) is 0 Å². The third-order valence-corrected chi connectivity index (χ3v) is 0. The Balaban J connectivity index is 0. The van der Waals surface area contributed by atoms with Gasteiger partial charge in [0.2, 0.25) is 0 Å². The van der Waals surface area contributed by atoms with Crippen LogP contribution in [0.2, 0.25) is 0 Å². The summed E-state index contributed by atoms with van der Waals surface area (Å²) in [6.07, 6.45) is 0. The summed E-state index contributed by atoms with van der Waals surface area (Å²) in [7, 11) is 0. The molecule has 0 amide bonds. The topological polar surface area (TPSA) is 0 Å². The molecule has 0 aliphatic heterocycles. The fourth-order valence-electron chi connectivity index (χ4n) is 0. The van der Waals surface area contributed by atoms with Gasteiger partial charge in [-0.1, -0.05) is 0 Å². The third-order valence-electron chi connectivity index (χ3n) is 0. The van der Waals surface area contributed by atoms with E-state index >= 15 is 0 Å². The van der Waals surface area contributed by atoms with Crippen LogP contribution in [-0.4, -0.2) is 0 Å². The molecule has 0 rings (SSSR count). The number of hydrogen-bond donors (Lipinski definition) is 0. The normalized spacial score (nSPS) is 0. The van der Waals surface area contributed by atoms with Crippen molar-refractivity contribution in [1.82, 2.24) is 0 Å². The minimum Gasteiger partial charge on any atom is -1.00 e. The van der Waals surface area contributed by atoms with Crippen LogP contribution in [0.1, 0.15) is 0 Å². The van der Waals surface area contributed by atoms with Crippen LogP contribution in [-0.2, 0) is 0 Å². The van der Waals surface area contributed by atoms with Crippen LogP contribution >= 0.6 is 0 Å². The molecule has 0 atom stereocenters. The van der Waals surface area contributed by atoms with Crippen LogP contribution < -0.4 is 37.2 Å². The van der Waals surface area contributed by atoms with Gasteiger partial charge in [0.05, 0.1) is 0 Å². The SMILES string of the molecule is [Cf+3].[Cl-].[Cl-].[Cl-]. The van der Waals surface area contributed by atoms with Crippen LogP contribution in [0.25, 0.3) is 0 Å². The third kappa shape index (κ3) is 83.8. The maximum atomic E-state index is 0. The molecule has 0 heterocycles. The van der Waals surface area contributed by atoms with E-state index in [2.05, 4.69) is 0 Å². The Hall–Kier alpha value is -0.130. The van der Waals surface area contributed by atoms with Crippen molar-refractivity contribution in [1.29, 1.82) is 0 Å². The van der Waals surface area contributed by atoms with E-state index in [1.165, 1.54) is 0 Å². The van der Waals surface area contributed by atoms with Gasteiger partial charge in [0.25, 0.3) is 0 Å². The number of hydrogen-bond acceptors (Lipinski definition) is 0. The molecule has 0 aliphatic carbocycles. The van der Waals surface area contributed by atoms with Crippen molar-refractivity contribution < 1.29 is 37.2 Å². The van der Waals surface area contributed by atoms with E-state index in [9.17, 15) is 0 Å². The van der Waals surface area contributed by atoms with Gasteiger partial charge in [-0.05, 0) is 0 Å². The first kappa shape index (κ1) is 1890. The summed E-state index contributed by atoms with van der Waals surface area (Å²) >= 11 is 0. The average Bonchev–Trinajstić information content (AvgIpc) is 0. The zero-order chi connectivity index (χ0) is 0. The van der Waals surface area contributed by atoms with Gasteiger partial charge in [-0.2, -0.15) is 0 Å². The van der Waals surface area contributed by atoms with Crippen LogP contribution in [0.4, 0.5) is 0 Å². The van der Waals surface area contributed by atoms with E-state index in [-0.39, 0.29) is 37.2 Å². The Morgan fingerprint density at radius 3 is 0.500 bits per heavy atom. The second kappa shape index (κ2) is 594. The van der Waals surface area contributed by atoms with Crippen LogP contribution in [0.15, 0.2) is 0 Å². The van der Waals surface area contributed by atoms with Crippen LogP contribution in [0.3, 0.4) is 0 Å². The van der Waals surface area contributed by atoms with E-state index in [0.29, 0.717) is 0 Å². The monoisotopic (exact) mass is 354 g/mol. The molecule has 0 N–H and O–H groups in total. The van der Waals surface area contributed by atoms with Crippen molar-refractivity contribution in [3.8, 4) is 0 Å². The molecule has 4 heteroatoms. The van der Waals surface area contributed by atoms with E-state index < -0.39 is 0 Å². The van der Waals surface area contributed by atoms with Gasteiger partial charge in [-0.15, -0.1) is 0 Å². The Morgan fingerprint density at radius 1 is 0.500 bits per heavy atom. The molecule has 31 valence electrons. The standard InChI is InChI=1S/Cf.3ClH/h;3*1H/q+3;;;/p-3. The Labute approximate surface area is 37.8 Å². The summed E-state index contributed by atoms with van der Waals surface area (Å²) in [5, 5.41) is 0. The van der Waals surface area contributed by atoms with Gasteiger partial charge in [0.1, 0.15) is 0 Å². The molecular weight excluding hydrogens is 357 g/mol. The quantitative estimate of drug-likeness (QED) is 0.404. The molecule has 0 spiro atoms. The largest absolute Gasteiger partial charge is 3.00 e. The molecule has 0 aromatic rings. The molecule has 0 aliphatic rings. The van der Waals surface area contributed by atoms with Crippen molar-refractivity contribution in [2.75, 3.05) is 0 Å². The summed E-state index contributed by atoms with van der Waals surface area (Å²) in [5.74, 6) is 0. The fraction of sp³-hybridized carbons (Fsp3) is 0. The van der Waals surface area contributed by atoms with E-state index in [0.717, 1.165) is 0 Å². The van der Waals surface area contributed by atoms with Crippen LogP contribution in [0, 0.1) is 0 Å². The summed E-state index contributed by atoms with van der Waals surface area (Å²) < 4.78 is 0. The summed E-state index contributed by atoms with van der Waals surface area (Å²) in [6, 6.07) is 0. The molecule has 0 unspecified atom stereocenters. The number of rotatable bonds is 0.